The zero-order chi connectivity index (χ0) is 16.4. The summed E-state index contributed by atoms with van der Waals surface area (Å²) in [5, 5.41) is 9.24. The van der Waals surface area contributed by atoms with Gasteiger partial charge in [0, 0.05) is 37.8 Å². The topological polar surface area (TPSA) is 68.1 Å². The van der Waals surface area contributed by atoms with Crippen molar-refractivity contribution >= 4 is 23.6 Å². The Balaban J connectivity index is 1.66. The van der Waals surface area contributed by atoms with Gasteiger partial charge in [-0.1, -0.05) is 35.5 Å². The van der Waals surface area contributed by atoms with E-state index in [-0.39, 0.29) is 11.8 Å². The van der Waals surface area contributed by atoms with Crippen LogP contribution in [0.5, 0.6) is 0 Å². The van der Waals surface area contributed by atoms with Crippen LogP contribution in [0.2, 0.25) is 0 Å². The molecule has 0 bridgehead atoms. The summed E-state index contributed by atoms with van der Waals surface area (Å²) >= 11 is 1.50. The molecule has 0 aliphatic carbocycles. The van der Waals surface area contributed by atoms with E-state index in [0.717, 1.165) is 16.5 Å². The fourth-order valence-corrected chi connectivity index (χ4v) is 3.41. The third-order valence-electron chi connectivity index (χ3n) is 3.81. The molecule has 6 nitrogen and oxygen atoms in total. The van der Waals surface area contributed by atoms with Crippen molar-refractivity contribution < 1.29 is 9.59 Å². The van der Waals surface area contributed by atoms with Crippen LogP contribution in [0.25, 0.3) is 11.4 Å². The second-order valence-corrected chi connectivity index (χ2v) is 6.58. The molecule has 0 atom stereocenters. The number of carbonyl (C=O) groups is 2. The minimum atomic E-state index is -0.0750. The predicted octanol–water partition coefficient (Wildman–Crippen LogP) is 2.03. The molecule has 0 saturated carbocycles. The summed E-state index contributed by atoms with van der Waals surface area (Å²) in [5.41, 5.74) is 2.20. The number of amides is 2. The lowest BCUT2D eigenvalue weighted by Crippen LogP contribution is -2.31. The fourth-order valence-electron chi connectivity index (χ4n) is 2.58. The van der Waals surface area contributed by atoms with Crippen molar-refractivity contribution in [2.24, 2.45) is 7.05 Å². The maximum atomic E-state index is 11.6. The normalized spacial score (nSPS) is 14.8. The summed E-state index contributed by atoms with van der Waals surface area (Å²) < 4.78 is 1.94. The van der Waals surface area contributed by atoms with E-state index in [1.54, 1.807) is 0 Å². The highest BCUT2D eigenvalue weighted by molar-refractivity contribution is 7.99. The number of thioether (sulfide) groups is 1. The number of nitrogens with zero attached hydrogens (tertiary/aromatic N) is 4. The van der Waals surface area contributed by atoms with Gasteiger partial charge in [-0.25, -0.2) is 0 Å². The van der Waals surface area contributed by atoms with Crippen LogP contribution in [-0.2, 0) is 16.6 Å². The van der Waals surface area contributed by atoms with Gasteiger partial charge in [0.25, 0.3) is 0 Å². The van der Waals surface area contributed by atoms with Gasteiger partial charge in [-0.2, -0.15) is 0 Å². The molecule has 0 spiro atoms. The number of rotatable bonds is 5. The van der Waals surface area contributed by atoms with Gasteiger partial charge in [-0.3, -0.25) is 14.5 Å². The first kappa shape index (κ1) is 15.7. The maximum absolute atomic E-state index is 11.6. The van der Waals surface area contributed by atoms with E-state index in [1.807, 2.05) is 36.7 Å². The molecule has 23 heavy (non-hydrogen) atoms. The summed E-state index contributed by atoms with van der Waals surface area (Å²) in [6.45, 7) is 2.47. The van der Waals surface area contributed by atoms with E-state index in [9.17, 15) is 9.59 Å². The number of imide groups is 1. The highest BCUT2D eigenvalue weighted by Gasteiger charge is 2.28. The monoisotopic (exact) mass is 330 g/mol. The summed E-state index contributed by atoms with van der Waals surface area (Å²) in [5.74, 6) is 1.28. The average Bonchev–Trinajstić information content (AvgIpc) is 3.04. The van der Waals surface area contributed by atoms with Crippen molar-refractivity contribution in [2.45, 2.75) is 24.9 Å². The standard InChI is InChI=1S/C16H18N4O2S/c1-11-4-3-5-12(10-11)15-17-18-16(19(15)2)23-9-8-20-13(21)6-7-14(20)22/h3-5,10H,6-9H2,1-2H3. The number of likely N-dealkylation sites (tertiary alicyclic amines) is 1. The van der Waals surface area contributed by atoms with Crippen LogP contribution in [-0.4, -0.2) is 43.8 Å². The fraction of sp³-hybridized carbons (Fsp3) is 0.375. The Bertz CT molecular complexity index is 740. The van der Waals surface area contributed by atoms with Gasteiger partial charge >= 0.3 is 0 Å². The number of hydrogen-bond donors (Lipinski definition) is 0. The molecule has 2 heterocycles. The third kappa shape index (κ3) is 3.29. The lowest BCUT2D eigenvalue weighted by molar-refractivity contribution is -0.137. The van der Waals surface area contributed by atoms with Gasteiger partial charge in [0.1, 0.15) is 0 Å². The van der Waals surface area contributed by atoms with Gasteiger partial charge in [-0.05, 0) is 13.0 Å². The molecule has 3 rings (SSSR count). The number of carbonyl (C=O) groups excluding carboxylic acids is 2. The molecule has 0 radical (unpaired) electrons. The minimum Gasteiger partial charge on any atom is -0.305 e. The van der Waals surface area contributed by atoms with Crippen LogP contribution in [0.1, 0.15) is 18.4 Å². The Morgan fingerprint density at radius 3 is 2.61 bits per heavy atom. The van der Waals surface area contributed by atoms with Crippen LogP contribution in [0.4, 0.5) is 0 Å². The zero-order valence-electron chi connectivity index (χ0n) is 13.2. The lowest BCUT2D eigenvalue weighted by Gasteiger charge is -2.12. The number of aromatic nitrogens is 3. The summed E-state index contributed by atoms with van der Waals surface area (Å²) in [7, 11) is 1.92. The first-order valence-corrected chi connectivity index (χ1v) is 8.47. The molecular weight excluding hydrogens is 312 g/mol. The molecule has 2 aromatic rings. The third-order valence-corrected chi connectivity index (χ3v) is 4.81. The van der Waals surface area contributed by atoms with Gasteiger partial charge in [0.05, 0.1) is 0 Å². The van der Waals surface area contributed by atoms with Crippen molar-refractivity contribution in [1.82, 2.24) is 19.7 Å². The zero-order valence-corrected chi connectivity index (χ0v) is 14.0. The average molecular weight is 330 g/mol. The Morgan fingerprint density at radius 2 is 1.91 bits per heavy atom. The van der Waals surface area contributed by atoms with Crippen molar-refractivity contribution in [3.8, 4) is 11.4 Å². The van der Waals surface area contributed by atoms with Gasteiger partial charge in [0.15, 0.2) is 11.0 Å². The Kier molecular flexibility index (Phi) is 4.47. The molecule has 1 aromatic heterocycles. The number of benzene rings is 1. The van der Waals surface area contributed by atoms with E-state index >= 15 is 0 Å². The lowest BCUT2D eigenvalue weighted by atomic mass is 10.1. The Hall–Kier alpha value is -2.15. The quantitative estimate of drug-likeness (QED) is 0.620. The van der Waals surface area contributed by atoms with E-state index < -0.39 is 0 Å². The molecular formula is C16H18N4O2S. The molecule has 1 saturated heterocycles. The van der Waals surface area contributed by atoms with E-state index in [2.05, 4.69) is 16.3 Å². The second-order valence-electron chi connectivity index (χ2n) is 5.52. The Morgan fingerprint density at radius 1 is 1.17 bits per heavy atom. The van der Waals surface area contributed by atoms with E-state index in [4.69, 9.17) is 0 Å². The van der Waals surface area contributed by atoms with Crippen molar-refractivity contribution in [2.75, 3.05) is 12.3 Å². The highest BCUT2D eigenvalue weighted by Crippen LogP contribution is 2.23. The molecule has 1 aliphatic heterocycles. The van der Waals surface area contributed by atoms with Crippen LogP contribution in [0, 0.1) is 6.92 Å². The molecule has 1 fully saturated rings. The Labute approximate surface area is 138 Å². The van der Waals surface area contributed by atoms with Crippen LogP contribution >= 0.6 is 11.8 Å². The molecule has 0 N–H and O–H groups in total. The highest BCUT2D eigenvalue weighted by atomic mass is 32.2. The summed E-state index contributed by atoms with van der Waals surface area (Å²) in [6.07, 6.45) is 0.677. The first-order valence-electron chi connectivity index (χ1n) is 7.48. The minimum absolute atomic E-state index is 0.0750. The molecule has 2 amide bonds. The summed E-state index contributed by atoms with van der Waals surface area (Å²) in [6, 6.07) is 8.11. The van der Waals surface area contributed by atoms with Crippen molar-refractivity contribution in [3.05, 3.63) is 29.8 Å². The second kappa shape index (κ2) is 6.54. The molecule has 0 unspecified atom stereocenters. The molecule has 120 valence electrons. The van der Waals surface area contributed by atoms with Gasteiger partial charge in [0.2, 0.25) is 11.8 Å². The maximum Gasteiger partial charge on any atom is 0.229 e. The van der Waals surface area contributed by atoms with Gasteiger partial charge < -0.3 is 4.57 Å². The number of aryl methyl sites for hydroxylation is 1. The van der Waals surface area contributed by atoms with E-state index in [1.165, 1.54) is 22.2 Å². The molecule has 1 aliphatic rings. The summed E-state index contributed by atoms with van der Waals surface area (Å²) in [4.78, 5) is 24.5. The smallest absolute Gasteiger partial charge is 0.229 e. The first-order chi connectivity index (χ1) is 11.1. The van der Waals surface area contributed by atoms with Crippen molar-refractivity contribution in [1.29, 1.82) is 0 Å². The van der Waals surface area contributed by atoms with Crippen LogP contribution in [0.15, 0.2) is 29.4 Å². The predicted molar refractivity (Wildman–Crippen MR) is 87.9 cm³/mol. The van der Waals surface area contributed by atoms with E-state index in [0.29, 0.717) is 25.1 Å². The molecule has 7 heteroatoms. The largest absolute Gasteiger partial charge is 0.305 e. The van der Waals surface area contributed by atoms with Crippen LogP contribution < -0.4 is 0 Å². The number of hydrogen-bond acceptors (Lipinski definition) is 5. The molecule has 1 aromatic carbocycles. The van der Waals surface area contributed by atoms with Gasteiger partial charge in [-0.15, -0.1) is 10.2 Å². The van der Waals surface area contributed by atoms with Crippen LogP contribution in [0.3, 0.4) is 0 Å². The SMILES string of the molecule is Cc1cccc(-c2nnc(SCCN3C(=O)CCC3=O)n2C)c1. The van der Waals surface area contributed by atoms with Crippen molar-refractivity contribution in [3.63, 3.8) is 0 Å².